The Morgan fingerprint density at radius 3 is 1.95 bits per heavy atom. The topological polar surface area (TPSA) is 80.7 Å². The van der Waals surface area contributed by atoms with E-state index in [2.05, 4.69) is 10.2 Å². The number of nitrogens with two attached hydrogens (primary N) is 2. The lowest BCUT2D eigenvalue weighted by Crippen LogP contribution is -1.93. The number of nitrogens with zero attached hydrogens (tertiary/aromatic N) is 1. The number of nitrogen functional groups attached to an aromatic ring is 2. The number of aromatic nitrogens is 2. The third kappa shape index (κ3) is 1.93. The van der Waals surface area contributed by atoms with Crippen LogP contribution in [0.25, 0.3) is 22.4 Å². The summed E-state index contributed by atoms with van der Waals surface area (Å²) in [7, 11) is 0. The number of para-hydroxylation sites is 2. The van der Waals surface area contributed by atoms with Gasteiger partial charge in [-0.25, -0.2) is 0 Å². The number of rotatable bonds is 2. The molecule has 0 aliphatic heterocycles. The molecule has 0 unspecified atom stereocenters. The third-order valence-corrected chi connectivity index (χ3v) is 3.12. The summed E-state index contributed by atoms with van der Waals surface area (Å²) in [5.41, 5.74) is 17.2. The van der Waals surface area contributed by atoms with Crippen molar-refractivity contribution in [1.29, 1.82) is 0 Å². The van der Waals surface area contributed by atoms with Gasteiger partial charge in [0.2, 0.25) is 0 Å². The van der Waals surface area contributed by atoms with Crippen LogP contribution < -0.4 is 11.5 Å². The molecule has 0 saturated carbocycles. The number of benzene rings is 2. The first-order valence-electron chi connectivity index (χ1n) is 6.00. The highest BCUT2D eigenvalue weighted by molar-refractivity contribution is 5.89. The molecule has 0 saturated heterocycles. The highest BCUT2D eigenvalue weighted by Gasteiger charge is 2.13. The molecule has 1 heterocycles. The van der Waals surface area contributed by atoms with Crippen LogP contribution in [0.3, 0.4) is 0 Å². The molecule has 4 nitrogen and oxygen atoms in total. The van der Waals surface area contributed by atoms with Gasteiger partial charge in [-0.1, -0.05) is 36.4 Å². The maximum absolute atomic E-state index is 6.02. The van der Waals surface area contributed by atoms with E-state index in [0.29, 0.717) is 5.69 Å². The summed E-state index contributed by atoms with van der Waals surface area (Å²) in [5.74, 6) is 0. The second kappa shape index (κ2) is 4.49. The van der Waals surface area contributed by atoms with Crippen molar-refractivity contribution in [3.05, 3.63) is 54.7 Å². The lowest BCUT2D eigenvalue weighted by molar-refractivity contribution is 1.10. The van der Waals surface area contributed by atoms with Gasteiger partial charge in [0.05, 0.1) is 11.9 Å². The zero-order valence-electron chi connectivity index (χ0n) is 10.3. The number of hydrogen-bond donors (Lipinski definition) is 3. The summed E-state index contributed by atoms with van der Waals surface area (Å²) in [6.07, 6.45) is 1.77. The summed E-state index contributed by atoms with van der Waals surface area (Å²) in [4.78, 5) is 0. The summed E-state index contributed by atoms with van der Waals surface area (Å²) >= 11 is 0. The van der Waals surface area contributed by atoms with Crippen LogP contribution in [0.4, 0.5) is 11.4 Å². The molecular weight excluding hydrogens is 236 g/mol. The quantitative estimate of drug-likeness (QED) is 0.612. The van der Waals surface area contributed by atoms with Gasteiger partial charge in [-0.05, 0) is 12.1 Å². The summed E-state index contributed by atoms with van der Waals surface area (Å²) in [6.45, 7) is 0. The van der Waals surface area contributed by atoms with E-state index >= 15 is 0 Å². The zero-order valence-corrected chi connectivity index (χ0v) is 10.3. The lowest BCUT2D eigenvalue weighted by atomic mass is 9.99. The van der Waals surface area contributed by atoms with Crippen LogP contribution in [-0.4, -0.2) is 10.2 Å². The van der Waals surface area contributed by atoms with Gasteiger partial charge < -0.3 is 11.5 Å². The minimum absolute atomic E-state index is 0.711. The second-order valence-electron chi connectivity index (χ2n) is 4.33. The predicted octanol–water partition coefficient (Wildman–Crippen LogP) is 2.91. The zero-order chi connectivity index (χ0) is 13.2. The molecule has 0 radical (unpaired) electrons. The Hall–Kier alpha value is -2.75. The van der Waals surface area contributed by atoms with Gasteiger partial charge in [-0.2, -0.15) is 5.10 Å². The molecule has 0 fully saturated rings. The van der Waals surface area contributed by atoms with Crippen molar-refractivity contribution in [1.82, 2.24) is 10.2 Å². The number of aromatic amines is 1. The first-order valence-corrected chi connectivity index (χ1v) is 6.00. The highest BCUT2D eigenvalue weighted by Crippen LogP contribution is 2.35. The van der Waals surface area contributed by atoms with E-state index in [1.807, 2.05) is 48.5 Å². The van der Waals surface area contributed by atoms with Gasteiger partial charge in [0.25, 0.3) is 0 Å². The van der Waals surface area contributed by atoms with Crippen molar-refractivity contribution in [3.8, 4) is 22.4 Å². The second-order valence-corrected chi connectivity index (χ2v) is 4.33. The molecule has 1 aromatic heterocycles. The molecular formula is C15H14N4. The summed E-state index contributed by atoms with van der Waals surface area (Å²) < 4.78 is 0. The normalized spacial score (nSPS) is 10.5. The van der Waals surface area contributed by atoms with Crippen molar-refractivity contribution in [2.75, 3.05) is 11.5 Å². The molecule has 2 aromatic carbocycles. The van der Waals surface area contributed by atoms with E-state index in [0.717, 1.165) is 28.1 Å². The Bertz CT molecular complexity index is 655. The molecule has 19 heavy (non-hydrogen) atoms. The van der Waals surface area contributed by atoms with Gasteiger partial charge in [-0.3, -0.25) is 5.10 Å². The Balaban J connectivity index is 2.20. The minimum Gasteiger partial charge on any atom is -0.398 e. The van der Waals surface area contributed by atoms with E-state index in [1.165, 1.54) is 0 Å². The molecule has 0 aliphatic carbocycles. The van der Waals surface area contributed by atoms with Crippen LogP contribution in [-0.2, 0) is 0 Å². The molecule has 0 aliphatic rings. The minimum atomic E-state index is 0.711. The molecule has 94 valence electrons. The van der Waals surface area contributed by atoms with E-state index < -0.39 is 0 Å². The van der Waals surface area contributed by atoms with Gasteiger partial charge in [0.15, 0.2) is 0 Å². The van der Waals surface area contributed by atoms with Crippen molar-refractivity contribution >= 4 is 11.4 Å². The third-order valence-electron chi connectivity index (χ3n) is 3.12. The smallest absolute Gasteiger partial charge is 0.0750 e. The fourth-order valence-corrected chi connectivity index (χ4v) is 2.16. The van der Waals surface area contributed by atoms with Crippen LogP contribution in [0.5, 0.6) is 0 Å². The Morgan fingerprint density at radius 1 is 0.737 bits per heavy atom. The monoisotopic (exact) mass is 250 g/mol. The predicted molar refractivity (Wildman–Crippen MR) is 78.3 cm³/mol. The Labute approximate surface area is 111 Å². The Kier molecular flexibility index (Phi) is 2.68. The van der Waals surface area contributed by atoms with E-state index in [-0.39, 0.29) is 0 Å². The molecule has 0 bridgehead atoms. The maximum atomic E-state index is 6.02. The molecule has 3 rings (SSSR count). The van der Waals surface area contributed by atoms with Crippen LogP contribution in [0, 0.1) is 0 Å². The van der Waals surface area contributed by atoms with Crippen LogP contribution >= 0.6 is 0 Å². The lowest BCUT2D eigenvalue weighted by Gasteiger charge is -2.08. The fraction of sp³-hybridized carbons (Fsp3) is 0. The average Bonchev–Trinajstić information content (AvgIpc) is 2.89. The van der Waals surface area contributed by atoms with Crippen LogP contribution in [0.1, 0.15) is 0 Å². The number of hydrogen-bond acceptors (Lipinski definition) is 3. The van der Waals surface area contributed by atoms with E-state index in [1.54, 1.807) is 6.20 Å². The Morgan fingerprint density at radius 2 is 1.32 bits per heavy atom. The summed E-state index contributed by atoms with van der Waals surface area (Å²) in [5, 5.41) is 7.12. The molecule has 5 N–H and O–H groups in total. The van der Waals surface area contributed by atoms with Crippen molar-refractivity contribution in [3.63, 3.8) is 0 Å². The van der Waals surface area contributed by atoms with E-state index in [9.17, 15) is 0 Å². The van der Waals surface area contributed by atoms with Crippen LogP contribution in [0.2, 0.25) is 0 Å². The van der Waals surface area contributed by atoms with Gasteiger partial charge in [0.1, 0.15) is 0 Å². The number of anilines is 2. The highest BCUT2D eigenvalue weighted by atomic mass is 15.1. The molecule has 3 aromatic rings. The van der Waals surface area contributed by atoms with Crippen LogP contribution in [0.15, 0.2) is 54.7 Å². The molecule has 0 atom stereocenters. The standard InChI is InChI=1S/C15H14N4/c16-13-7-3-1-5-10(13)12-9-18-19-15(12)11-6-2-4-8-14(11)17/h1-9H,16-17H2,(H,18,19). The van der Waals surface area contributed by atoms with Gasteiger partial charge >= 0.3 is 0 Å². The largest absolute Gasteiger partial charge is 0.398 e. The molecule has 4 heteroatoms. The van der Waals surface area contributed by atoms with E-state index in [4.69, 9.17) is 11.5 Å². The van der Waals surface area contributed by atoms with Crippen molar-refractivity contribution in [2.45, 2.75) is 0 Å². The van der Waals surface area contributed by atoms with Gasteiger partial charge in [-0.15, -0.1) is 0 Å². The first kappa shape index (κ1) is 11.3. The number of nitrogens with one attached hydrogen (secondary N) is 1. The summed E-state index contributed by atoms with van der Waals surface area (Å²) in [6, 6.07) is 15.4. The molecule has 0 amide bonds. The maximum Gasteiger partial charge on any atom is 0.0750 e. The van der Waals surface area contributed by atoms with Crippen molar-refractivity contribution < 1.29 is 0 Å². The first-order chi connectivity index (χ1) is 9.27. The fourth-order valence-electron chi connectivity index (χ4n) is 2.16. The SMILES string of the molecule is Nc1ccccc1-c1cn[nH]c1-c1ccccc1N. The molecule has 0 spiro atoms. The average molecular weight is 250 g/mol. The number of H-pyrrole nitrogens is 1. The van der Waals surface area contributed by atoms with Gasteiger partial charge in [0, 0.05) is 28.1 Å². The van der Waals surface area contributed by atoms with Crippen molar-refractivity contribution in [2.24, 2.45) is 0 Å².